The molecule has 2 bridgehead atoms. The third-order valence-corrected chi connectivity index (χ3v) is 4.73. The molecule has 1 aromatic heterocycles. The van der Waals surface area contributed by atoms with Crippen molar-refractivity contribution in [1.29, 1.82) is 0 Å². The average molecular weight is 275 g/mol. The van der Waals surface area contributed by atoms with E-state index in [2.05, 4.69) is 27.5 Å². The predicted octanol–water partition coefficient (Wildman–Crippen LogP) is 2.73. The molecule has 2 aliphatic carbocycles. The Morgan fingerprint density at radius 3 is 2.65 bits per heavy atom. The van der Waals surface area contributed by atoms with Crippen molar-refractivity contribution >= 4 is 17.6 Å². The Hall–Kier alpha value is -1.52. The maximum absolute atomic E-state index is 5.77. The Morgan fingerprint density at radius 1 is 1.20 bits per heavy atom. The van der Waals surface area contributed by atoms with E-state index in [0.717, 1.165) is 48.9 Å². The summed E-state index contributed by atoms with van der Waals surface area (Å²) >= 11 is 0. The number of hydrogen-bond acceptors (Lipinski definition) is 5. The molecule has 0 spiro atoms. The molecule has 20 heavy (non-hydrogen) atoms. The first-order chi connectivity index (χ1) is 9.74. The summed E-state index contributed by atoms with van der Waals surface area (Å²) in [6, 6.07) is 1.96. The number of rotatable bonds is 6. The van der Waals surface area contributed by atoms with Crippen LogP contribution in [0, 0.1) is 17.8 Å². The van der Waals surface area contributed by atoms with Crippen LogP contribution < -0.4 is 16.4 Å². The van der Waals surface area contributed by atoms with Crippen molar-refractivity contribution in [1.82, 2.24) is 9.97 Å². The molecule has 1 heterocycles. The number of nitrogens with two attached hydrogens (primary N) is 1. The molecule has 4 N–H and O–H groups in total. The van der Waals surface area contributed by atoms with E-state index in [1.54, 1.807) is 0 Å². The molecule has 2 saturated carbocycles. The third kappa shape index (κ3) is 2.97. The number of anilines is 3. The highest BCUT2D eigenvalue weighted by Gasteiger charge is 2.39. The molecule has 3 atom stereocenters. The molecule has 0 aliphatic heterocycles. The Balaban J connectivity index is 1.57. The molecule has 110 valence electrons. The number of nitrogens with one attached hydrogen (secondary N) is 2. The van der Waals surface area contributed by atoms with Gasteiger partial charge >= 0.3 is 0 Å². The first kappa shape index (κ1) is 13.5. The van der Waals surface area contributed by atoms with Crippen LogP contribution >= 0.6 is 0 Å². The summed E-state index contributed by atoms with van der Waals surface area (Å²) < 4.78 is 0. The van der Waals surface area contributed by atoms with E-state index >= 15 is 0 Å². The van der Waals surface area contributed by atoms with Crippen molar-refractivity contribution in [2.45, 2.75) is 39.0 Å². The predicted molar refractivity (Wildman–Crippen MR) is 82.7 cm³/mol. The summed E-state index contributed by atoms with van der Waals surface area (Å²) in [6.45, 7) is 4.05. The van der Waals surface area contributed by atoms with Crippen LogP contribution in [0.25, 0.3) is 0 Å². The second-order valence-corrected chi connectivity index (χ2v) is 6.24. The molecular formula is C15H25N5. The Kier molecular flexibility index (Phi) is 3.94. The fourth-order valence-corrected chi connectivity index (χ4v) is 3.76. The molecule has 2 fully saturated rings. The van der Waals surface area contributed by atoms with Crippen molar-refractivity contribution in [2.75, 3.05) is 29.5 Å². The zero-order valence-corrected chi connectivity index (χ0v) is 12.2. The van der Waals surface area contributed by atoms with Gasteiger partial charge in [-0.15, -0.1) is 0 Å². The Bertz CT molecular complexity index is 462. The highest BCUT2D eigenvalue weighted by molar-refractivity contribution is 5.51. The zero-order chi connectivity index (χ0) is 13.9. The van der Waals surface area contributed by atoms with E-state index in [0.29, 0.717) is 5.95 Å². The highest BCUT2D eigenvalue weighted by Crippen LogP contribution is 2.48. The SMILES string of the molecule is CCCNc1cc(NCC2CC3CCC2C3)nc(N)n1. The van der Waals surface area contributed by atoms with E-state index in [4.69, 9.17) is 5.73 Å². The summed E-state index contributed by atoms with van der Waals surface area (Å²) in [5.74, 6) is 4.74. The minimum Gasteiger partial charge on any atom is -0.370 e. The molecule has 5 heteroatoms. The van der Waals surface area contributed by atoms with Gasteiger partial charge in [0.25, 0.3) is 0 Å². The van der Waals surface area contributed by atoms with E-state index in [-0.39, 0.29) is 0 Å². The largest absolute Gasteiger partial charge is 0.370 e. The summed E-state index contributed by atoms with van der Waals surface area (Å²) in [6.07, 6.45) is 6.78. The van der Waals surface area contributed by atoms with Crippen LogP contribution in [0.3, 0.4) is 0 Å². The summed E-state index contributed by atoms with van der Waals surface area (Å²) in [5.41, 5.74) is 5.77. The average Bonchev–Trinajstić information content (AvgIpc) is 3.05. The molecule has 0 saturated heterocycles. The topological polar surface area (TPSA) is 75.9 Å². The standard InChI is InChI=1S/C15H25N5/c1-2-5-17-13-8-14(20-15(16)19-13)18-9-12-7-10-3-4-11(12)6-10/h8,10-12H,2-7,9H2,1H3,(H4,16,17,18,19,20). The Labute approximate surface area is 120 Å². The molecule has 0 amide bonds. The number of fused-ring (bicyclic) bond motifs is 2. The lowest BCUT2D eigenvalue weighted by Crippen LogP contribution is -2.21. The maximum atomic E-state index is 5.77. The number of hydrogen-bond donors (Lipinski definition) is 3. The van der Waals surface area contributed by atoms with Crippen LogP contribution in [-0.4, -0.2) is 23.1 Å². The van der Waals surface area contributed by atoms with Crippen molar-refractivity contribution in [2.24, 2.45) is 17.8 Å². The molecule has 5 nitrogen and oxygen atoms in total. The van der Waals surface area contributed by atoms with Gasteiger partial charge in [0, 0.05) is 19.2 Å². The van der Waals surface area contributed by atoms with Gasteiger partial charge in [0.2, 0.25) is 5.95 Å². The number of nitrogen functional groups attached to an aromatic ring is 1. The molecule has 2 aliphatic rings. The van der Waals surface area contributed by atoms with Gasteiger partial charge in [-0.3, -0.25) is 0 Å². The smallest absolute Gasteiger partial charge is 0.223 e. The molecule has 0 aromatic carbocycles. The van der Waals surface area contributed by atoms with Gasteiger partial charge in [-0.25, -0.2) is 0 Å². The highest BCUT2D eigenvalue weighted by atomic mass is 15.1. The third-order valence-electron chi connectivity index (χ3n) is 4.73. The minimum absolute atomic E-state index is 0.335. The second-order valence-electron chi connectivity index (χ2n) is 6.24. The van der Waals surface area contributed by atoms with Gasteiger partial charge in [-0.05, 0) is 43.4 Å². The van der Waals surface area contributed by atoms with Crippen LogP contribution in [-0.2, 0) is 0 Å². The van der Waals surface area contributed by atoms with E-state index in [9.17, 15) is 0 Å². The van der Waals surface area contributed by atoms with E-state index in [1.165, 1.54) is 25.7 Å². The molecular weight excluding hydrogens is 250 g/mol. The second kappa shape index (κ2) is 5.85. The fraction of sp³-hybridized carbons (Fsp3) is 0.733. The Morgan fingerprint density at radius 2 is 2.00 bits per heavy atom. The van der Waals surface area contributed by atoms with Crippen LogP contribution in [0.5, 0.6) is 0 Å². The van der Waals surface area contributed by atoms with Crippen LogP contribution in [0.15, 0.2) is 6.07 Å². The fourth-order valence-electron chi connectivity index (χ4n) is 3.76. The quantitative estimate of drug-likeness (QED) is 0.744. The van der Waals surface area contributed by atoms with Crippen LogP contribution in [0.2, 0.25) is 0 Å². The monoisotopic (exact) mass is 275 g/mol. The van der Waals surface area contributed by atoms with Gasteiger partial charge in [-0.2, -0.15) is 9.97 Å². The van der Waals surface area contributed by atoms with E-state index < -0.39 is 0 Å². The van der Waals surface area contributed by atoms with Crippen molar-refractivity contribution in [3.05, 3.63) is 6.07 Å². The lowest BCUT2D eigenvalue weighted by Gasteiger charge is -2.22. The lowest BCUT2D eigenvalue weighted by atomic mass is 9.89. The number of aromatic nitrogens is 2. The first-order valence-electron chi connectivity index (χ1n) is 7.87. The summed E-state index contributed by atoms with van der Waals surface area (Å²) in [7, 11) is 0. The summed E-state index contributed by atoms with van der Waals surface area (Å²) in [4.78, 5) is 8.49. The summed E-state index contributed by atoms with van der Waals surface area (Å²) in [5, 5.41) is 6.72. The minimum atomic E-state index is 0.335. The zero-order valence-electron chi connectivity index (χ0n) is 12.2. The van der Waals surface area contributed by atoms with Gasteiger partial charge < -0.3 is 16.4 Å². The van der Waals surface area contributed by atoms with Gasteiger partial charge in [0.05, 0.1) is 0 Å². The molecule has 1 aromatic rings. The molecule has 3 rings (SSSR count). The van der Waals surface area contributed by atoms with Gasteiger partial charge in [0.1, 0.15) is 11.6 Å². The maximum Gasteiger partial charge on any atom is 0.223 e. The van der Waals surface area contributed by atoms with E-state index in [1.807, 2.05) is 6.07 Å². The van der Waals surface area contributed by atoms with Crippen molar-refractivity contribution in [3.8, 4) is 0 Å². The van der Waals surface area contributed by atoms with Gasteiger partial charge in [0.15, 0.2) is 0 Å². The molecule has 3 unspecified atom stereocenters. The first-order valence-corrected chi connectivity index (χ1v) is 7.87. The van der Waals surface area contributed by atoms with Crippen molar-refractivity contribution < 1.29 is 0 Å². The van der Waals surface area contributed by atoms with Gasteiger partial charge in [-0.1, -0.05) is 13.3 Å². The normalized spacial score (nSPS) is 27.8. The van der Waals surface area contributed by atoms with Crippen LogP contribution in [0.4, 0.5) is 17.6 Å². The molecule has 0 radical (unpaired) electrons. The van der Waals surface area contributed by atoms with Crippen molar-refractivity contribution in [3.63, 3.8) is 0 Å². The number of nitrogens with zero attached hydrogens (tertiary/aromatic N) is 2. The lowest BCUT2D eigenvalue weighted by molar-refractivity contribution is 0.348. The van der Waals surface area contributed by atoms with Crippen LogP contribution in [0.1, 0.15) is 39.0 Å².